The Morgan fingerprint density at radius 2 is 1.52 bits per heavy atom. The fraction of sp³-hybridized carbons (Fsp3) is 0.160. The molecule has 0 aliphatic heterocycles. The molecule has 8 heteroatoms. The lowest BCUT2D eigenvalue weighted by molar-refractivity contribution is 0.414. The van der Waals surface area contributed by atoms with E-state index in [1.165, 1.54) is 0 Å². The first-order chi connectivity index (χ1) is 16.0. The van der Waals surface area contributed by atoms with Crippen molar-refractivity contribution < 1.29 is 4.74 Å². The topological polar surface area (TPSA) is 142 Å². The van der Waals surface area contributed by atoms with Crippen LogP contribution in [0.25, 0.3) is 22.1 Å². The Kier molecular flexibility index (Phi) is 5.27. The minimum absolute atomic E-state index is 0.0239. The van der Waals surface area contributed by atoms with Gasteiger partial charge >= 0.3 is 0 Å². The Hall–Kier alpha value is -4.17. The first kappa shape index (κ1) is 20.7. The van der Waals surface area contributed by atoms with E-state index in [0.29, 0.717) is 18.5 Å². The number of hydrogen-bond donors (Lipinski definition) is 5. The molecule has 3 aromatic carbocycles. The monoisotopic (exact) mass is 439 g/mol. The summed E-state index contributed by atoms with van der Waals surface area (Å²) >= 11 is 0. The standard InChI is InChI=1S/C25H25N7O/c1-33-17-6-2-14(3-7-17)10-18(24-29-19-8-4-15(13-26)11-21(19)31-24)25-30-20-9-5-16(23(27)28)12-22(20)32-25/h2-9,11-12,18H,10,13,26H2,1H3,(H3,27,28)(H,29,31)(H,30,32). The van der Waals surface area contributed by atoms with Gasteiger partial charge in [0.2, 0.25) is 0 Å². The van der Waals surface area contributed by atoms with Crippen LogP contribution in [0.15, 0.2) is 60.7 Å². The third-order valence-electron chi connectivity index (χ3n) is 5.87. The number of nitrogens with two attached hydrogens (primary N) is 2. The number of imidazole rings is 2. The summed E-state index contributed by atoms with van der Waals surface area (Å²) in [6.45, 7) is 0.474. The second-order valence-corrected chi connectivity index (χ2v) is 8.05. The second-order valence-electron chi connectivity index (χ2n) is 8.05. The molecule has 1 atom stereocenters. The Balaban J connectivity index is 1.60. The highest BCUT2D eigenvalue weighted by atomic mass is 16.5. The molecule has 0 fully saturated rings. The van der Waals surface area contributed by atoms with Crippen LogP contribution in [-0.4, -0.2) is 32.9 Å². The van der Waals surface area contributed by atoms with Crippen molar-refractivity contribution >= 4 is 27.9 Å². The van der Waals surface area contributed by atoms with E-state index >= 15 is 0 Å². The van der Waals surface area contributed by atoms with E-state index in [1.807, 2.05) is 48.5 Å². The fourth-order valence-electron chi connectivity index (χ4n) is 4.05. The van der Waals surface area contributed by atoms with Crippen LogP contribution in [0.3, 0.4) is 0 Å². The third kappa shape index (κ3) is 4.04. The molecule has 5 rings (SSSR count). The molecule has 2 aromatic heterocycles. The summed E-state index contributed by atoms with van der Waals surface area (Å²) in [7, 11) is 1.66. The van der Waals surface area contributed by atoms with Crippen LogP contribution in [0.5, 0.6) is 5.75 Å². The van der Waals surface area contributed by atoms with Crippen LogP contribution in [0.1, 0.15) is 34.3 Å². The summed E-state index contributed by atoms with van der Waals surface area (Å²) in [6, 6.07) is 19.6. The third-order valence-corrected chi connectivity index (χ3v) is 5.87. The molecule has 0 saturated heterocycles. The molecule has 2 heterocycles. The minimum atomic E-state index is -0.139. The number of ether oxygens (including phenoxy) is 1. The highest BCUT2D eigenvalue weighted by Gasteiger charge is 2.23. The lowest BCUT2D eigenvalue weighted by atomic mass is 9.98. The predicted molar refractivity (Wildman–Crippen MR) is 130 cm³/mol. The highest BCUT2D eigenvalue weighted by molar-refractivity contribution is 5.98. The summed E-state index contributed by atoms with van der Waals surface area (Å²) in [6.07, 6.45) is 0.687. The molecule has 7 N–H and O–H groups in total. The van der Waals surface area contributed by atoms with Gasteiger partial charge in [0, 0.05) is 12.1 Å². The molecule has 8 nitrogen and oxygen atoms in total. The molecular formula is C25H25N7O. The van der Waals surface area contributed by atoms with Gasteiger partial charge in [-0.25, -0.2) is 9.97 Å². The molecule has 33 heavy (non-hydrogen) atoms. The van der Waals surface area contributed by atoms with Crippen LogP contribution < -0.4 is 16.2 Å². The molecule has 5 aromatic rings. The fourth-order valence-corrected chi connectivity index (χ4v) is 4.05. The molecule has 0 amide bonds. The minimum Gasteiger partial charge on any atom is -0.497 e. The van der Waals surface area contributed by atoms with E-state index in [1.54, 1.807) is 7.11 Å². The number of aromatic amines is 2. The Labute approximate surface area is 190 Å². The van der Waals surface area contributed by atoms with Gasteiger partial charge in [0.1, 0.15) is 23.2 Å². The average Bonchev–Trinajstić information content (AvgIpc) is 3.45. The predicted octanol–water partition coefficient (Wildman–Crippen LogP) is 3.57. The maximum atomic E-state index is 7.72. The molecule has 0 bridgehead atoms. The van der Waals surface area contributed by atoms with Crippen molar-refractivity contribution in [2.24, 2.45) is 11.5 Å². The number of H-pyrrole nitrogens is 2. The molecule has 166 valence electrons. The maximum Gasteiger partial charge on any atom is 0.122 e. The zero-order chi connectivity index (χ0) is 22.9. The van der Waals surface area contributed by atoms with E-state index in [0.717, 1.165) is 50.6 Å². The van der Waals surface area contributed by atoms with Gasteiger partial charge in [-0.05, 0) is 60.0 Å². The molecule has 0 saturated carbocycles. The van der Waals surface area contributed by atoms with Gasteiger partial charge in [-0.1, -0.05) is 18.2 Å². The zero-order valence-corrected chi connectivity index (χ0v) is 18.2. The number of nitrogens with one attached hydrogen (secondary N) is 3. The van der Waals surface area contributed by atoms with Gasteiger partial charge in [0.25, 0.3) is 0 Å². The van der Waals surface area contributed by atoms with Crippen LogP contribution >= 0.6 is 0 Å². The van der Waals surface area contributed by atoms with Crippen molar-refractivity contribution in [3.05, 3.63) is 89.0 Å². The summed E-state index contributed by atoms with van der Waals surface area (Å²) in [5, 5.41) is 7.72. The first-order valence-corrected chi connectivity index (χ1v) is 10.7. The molecule has 0 aliphatic carbocycles. The summed E-state index contributed by atoms with van der Waals surface area (Å²) in [5.74, 6) is 2.31. The van der Waals surface area contributed by atoms with E-state index in [9.17, 15) is 0 Å². The second kappa shape index (κ2) is 8.40. The van der Waals surface area contributed by atoms with Crippen LogP contribution in [0, 0.1) is 5.41 Å². The number of hydrogen-bond acceptors (Lipinski definition) is 5. The smallest absolute Gasteiger partial charge is 0.122 e. The maximum absolute atomic E-state index is 7.72. The number of fused-ring (bicyclic) bond motifs is 2. The highest BCUT2D eigenvalue weighted by Crippen LogP contribution is 2.29. The quantitative estimate of drug-likeness (QED) is 0.195. The Bertz CT molecular complexity index is 1450. The number of methoxy groups -OCH3 is 1. The molecule has 0 aliphatic rings. The summed E-state index contributed by atoms with van der Waals surface area (Å²) in [5.41, 5.74) is 17.8. The number of benzene rings is 3. The van der Waals surface area contributed by atoms with Crippen molar-refractivity contribution in [1.82, 2.24) is 19.9 Å². The van der Waals surface area contributed by atoms with Gasteiger partial charge in [-0.3, -0.25) is 5.41 Å². The number of nitrogens with zero attached hydrogens (tertiary/aromatic N) is 2. The van der Waals surface area contributed by atoms with Crippen LogP contribution in [-0.2, 0) is 13.0 Å². The zero-order valence-electron chi connectivity index (χ0n) is 18.2. The Morgan fingerprint density at radius 3 is 2.12 bits per heavy atom. The molecule has 1 unspecified atom stereocenters. The lowest BCUT2D eigenvalue weighted by Gasteiger charge is -2.13. The number of rotatable bonds is 7. The number of nitrogen functional groups attached to an aromatic ring is 1. The normalized spacial score (nSPS) is 12.3. The van der Waals surface area contributed by atoms with Crippen molar-refractivity contribution in [3.8, 4) is 5.75 Å². The average molecular weight is 440 g/mol. The SMILES string of the molecule is COc1ccc(CC(c2nc3ccc(CN)cc3[nH]2)c2nc3ccc(C(=N)N)cc3[nH]2)cc1. The van der Waals surface area contributed by atoms with Crippen LogP contribution in [0.4, 0.5) is 0 Å². The van der Waals surface area contributed by atoms with E-state index in [-0.39, 0.29) is 11.8 Å². The number of amidine groups is 1. The first-order valence-electron chi connectivity index (χ1n) is 10.7. The Morgan fingerprint density at radius 1 is 0.909 bits per heavy atom. The summed E-state index contributed by atoms with van der Waals surface area (Å²) < 4.78 is 5.30. The largest absolute Gasteiger partial charge is 0.497 e. The van der Waals surface area contributed by atoms with Gasteiger partial charge < -0.3 is 26.2 Å². The van der Waals surface area contributed by atoms with E-state index in [4.69, 9.17) is 31.6 Å². The lowest BCUT2D eigenvalue weighted by Crippen LogP contribution is -2.10. The van der Waals surface area contributed by atoms with Gasteiger partial charge in [0.15, 0.2) is 0 Å². The van der Waals surface area contributed by atoms with Crippen molar-refractivity contribution in [2.45, 2.75) is 18.9 Å². The number of aromatic nitrogens is 4. The van der Waals surface area contributed by atoms with Gasteiger partial charge in [-0.15, -0.1) is 0 Å². The van der Waals surface area contributed by atoms with Crippen molar-refractivity contribution in [2.75, 3.05) is 7.11 Å². The van der Waals surface area contributed by atoms with Gasteiger partial charge in [-0.2, -0.15) is 0 Å². The van der Waals surface area contributed by atoms with Crippen molar-refractivity contribution in [1.29, 1.82) is 5.41 Å². The molecule has 0 spiro atoms. The summed E-state index contributed by atoms with van der Waals surface area (Å²) in [4.78, 5) is 16.6. The van der Waals surface area contributed by atoms with Crippen LogP contribution in [0.2, 0.25) is 0 Å². The van der Waals surface area contributed by atoms with E-state index in [2.05, 4.69) is 22.1 Å². The molecular weight excluding hydrogens is 414 g/mol. The van der Waals surface area contributed by atoms with Crippen molar-refractivity contribution in [3.63, 3.8) is 0 Å². The molecule has 0 radical (unpaired) electrons. The van der Waals surface area contributed by atoms with E-state index < -0.39 is 0 Å². The van der Waals surface area contributed by atoms with Gasteiger partial charge in [0.05, 0.1) is 35.1 Å².